The average Bonchev–Trinajstić information content (AvgIpc) is 2.49. The molecule has 0 unspecified atom stereocenters. The number of amides is 2. The Bertz CT molecular complexity index is 544. The van der Waals surface area contributed by atoms with Crippen molar-refractivity contribution >= 4 is 17.7 Å². The summed E-state index contributed by atoms with van der Waals surface area (Å²) in [5.41, 5.74) is -0.223. The number of hydrogen-bond acceptors (Lipinski definition) is 3. The molecular formula is C14H17FN2O4. The molecular weight excluding hydrogens is 279 g/mol. The van der Waals surface area contributed by atoms with Crippen molar-refractivity contribution in [2.75, 3.05) is 25.6 Å². The summed E-state index contributed by atoms with van der Waals surface area (Å²) in [6.07, 6.45) is 1.45. The average molecular weight is 296 g/mol. The van der Waals surface area contributed by atoms with Crippen molar-refractivity contribution in [1.82, 2.24) is 4.90 Å². The fourth-order valence-corrected chi connectivity index (χ4v) is 2.20. The van der Waals surface area contributed by atoms with Crippen LogP contribution in [-0.4, -0.2) is 48.3 Å². The number of ether oxygens (including phenoxy) is 1. The molecule has 0 aliphatic carbocycles. The van der Waals surface area contributed by atoms with Crippen molar-refractivity contribution in [2.24, 2.45) is 0 Å². The van der Waals surface area contributed by atoms with Crippen LogP contribution in [0.25, 0.3) is 0 Å². The second-order valence-electron chi connectivity index (χ2n) is 4.88. The van der Waals surface area contributed by atoms with Gasteiger partial charge in [-0.3, -0.25) is 0 Å². The van der Waals surface area contributed by atoms with Gasteiger partial charge in [-0.15, -0.1) is 0 Å². The molecule has 0 radical (unpaired) electrons. The number of carboxylic acid groups (broad SMARTS) is 1. The minimum absolute atomic E-state index is 0.0319. The maximum atomic E-state index is 13.7. The maximum absolute atomic E-state index is 13.7. The highest BCUT2D eigenvalue weighted by Gasteiger charge is 2.23. The SMILES string of the molecule is CN(C(=O)Nc1cc(C(=O)O)ccc1F)C1CCOCC1. The van der Waals surface area contributed by atoms with E-state index in [1.165, 1.54) is 4.90 Å². The highest BCUT2D eigenvalue weighted by atomic mass is 19.1. The molecule has 6 nitrogen and oxygen atoms in total. The van der Waals surface area contributed by atoms with E-state index in [0.717, 1.165) is 31.0 Å². The minimum Gasteiger partial charge on any atom is -0.478 e. The quantitative estimate of drug-likeness (QED) is 0.896. The van der Waals surface area contributed by atoms with Crippen LogP contribution in [0.4, 0.5) is 14.9 Å². The van der Waals surface area contributed by atoms with E-state index < -0.39 is 17.8 Å². The van der Waals surface area contributed by atoms with E-state index in [1.54, 1.807) is 7.05 Å². The molecule has 1 heterocycles. The van der Waals surface area contributed by atoms with Gasteiger partial charge in [-0.25, -0.2) is 14.0 Å². The fraction of sp³-hybridized carbons (Fsp3) is 0.429. The Labute approximate surface area is 121 Å². The summed E-state index contributed by atoms with van der Waals surface area (Å²) in [4.78, 5) is 24.5. The number of carbonyl (C=O) groups excluding carboxylic acids is 1. The van der Waals surface area contributed by atoms with Gasteiger partial charge in [0.15, 0.2) is 0 Å². The molecule has 1 aliphatic rings. The van der Waals surface area contributed by atoms with Gasteiger partial charge in [0.25, 0.3) is 0 Å². The number of carbonyl (C=O) groups is 2. The largest absolute Gasteiger partial charge is 0.478 e. The van der Waals surface area contributed by atoms with E-state index in [4.69, 9.17) is 9.84 Å². The van der Waals surface area contributed by atoms with Gasteiger partial charge in [-0.1, -0.05) is 0 Å². The number of nitrogens with zero attached hydrogens (tertiary/aromatic N) is 1. The number of hydrogen-bond donors (Lipinski definition) is 2. The predicted molar refractivity (Wildman–Crippen MR) is 74.0 cm³/mol. The van der Waals surface area contributed by atoms with Crippen LogP contribution in [0.5, 0.6) is 0 Å². The molecule has 2 N–H and O–H groups in total. The van der Waals surface area contributed by atoms with Crippen molar-refractivity contribution in [3.05, 3.63) is 29.6 Å². The zero-order valence-corrected chi connectivity index (χ0v) is 11.6. The molecule has 2 amide bonds. The van der Waals surface area contributed by atoms with Crippen LogP contribution < -0.4 is 5.32 Å². The Hall–Kier alpha value is -2.15. The van der Waals surface area contributed by atoms with Crippen molar-refractivity contribution < 1.29 is 23.8 Å². The van der Waals surface area contributed by atoms with Crippen LogP contribution in [0.15, 0.2) is 18.2 Å². The van der Waals surface area contributed by atoms with Gasteiger partial charge in [0.1, 0.15) is 5.82 Å². The summed E-state index contributed by atoms with van der Waals surface area (Å²) in [6, 6.07) is 2.84. The Morgan fingerprint density at radius 1 is 1.38 bits per heavy atom. The molecule has 0 bridgehead atoms. The Balaban J connectivity index is 2.07. The highest BCUT2D eigenvalue weighted by molar-refractivity contribution is 5.93. The summed E-state index contributed by atoms with van der Waals surface area (Å²) < 4.78 is 18.9. The lowest BCUT2D eigenvalue weighted by molar-refractivity contribution is 0.0544. The molecule has 1 aromatic carbocycles. The molecule has 7 heteroatoms. The number of anilines is 1. The summed E-state index contributed by atoms with van der Waals surface area (Å²) in [5.74, 6) is -1.85. The molecule has 1 aliphatic heterocycles. The van der Waals surface area contributed by atoms with Crippen molar-refractivity contribution in [2.45, 2.75) is 18.9 Å². The second-order valence-corrected chi connectivity index (χ2v) is 4.88. The van der Waals surface area contributed by atoms with Gasteiger partial charge in [0.2, 0.25) is 0 Å². The summed E-state index contributed by atoms with van der Waals surface area (Å²) in [6.45, 7) is 1.18. The number of rotatable bonds is 3. The third-order valence-electron chi connectivity index (χ3n) is 3.51. The van der Waals surface area contributed by atoms with Crippen LogP contribution in [0.1, 0.15) is 23.2 Å². The van der Waals surface area contributed by atoms with Crippen LogP contribution in [0.3, 0.4) is 0 Å². The first-order chi connectivity index (χ1) is 9.99. The minimum atomic E-state index is -1.18. The van der Waals surface area contributed by atoms with E-state index in [1.807, 2.05) is 0 Å². The van der Waals surface area contributed by atoms with E-state index in [2.05, 4.69) is 5.32 Å². The molecule has 0 saturated carbocycles. The molecule has 1 saturated heterocycles. The van der Waals surface area contributed by atoms with E-state index in [-0.39, 0.29) is 17.3 Å². The molecule has 21 heavy (non-hydrogen) atoms. The zero-order valence-electron chi connectivity index (χ0n) is 11.6. The number of halogens is 1. The first kappa shape index (κ1) is 15.2. The first-order valence-electron chi connectivity index (χ1n) is 6.63. The lowest BCUT2D eigenvalue weighted by Gasteiger charge is -2.31. The van der Waals surface area contributed by atoms with Crippen molar-refractivity contribution in [1.29, 1.82) is 0 Å². The third-order valence-corrected chi connectivity index (χ3v) is 3.51. The van der Waals surface area contributed by atoms with Crippen molar-refractivity contribution in [3.8, 4) is 0 Å². The molecule has 114 valence electrons. The van der Waals surface area contributed by atoms with Crippen LogP contribution in [-0.2, 0) is 4.74 Å². The molecule has 0 atom stereocenters. The Morgan fingerprint density at radius 3 is 2.67 bits per heavy atom. The van der Waals surface area contributed by atoms with E-state index in [0.29, 0.717) is 13.2 Å². The van der Waals surface area contributed by atoms with Gasteiger partial charge in [0.05, 0.1) is 11.3 Å². The van der Waals surface area contributed by atoms with Gasteiger partial charge >= 0.3 is 12.0 Å². The normalized spacial score (nSPS) is 15.5. The molecule has 1 aromatic rings. The number of urea groups is 1. The number of nitrogens with one attached hydrogen (secondary N) is 1. The van der Waals surface area contributed by atoms with Crippen LogP contribution >= 0.6 is 0 Å². The second kappa shape index (κ2) is 6.53. The van der Waals surface area contributed by atoms with E-state index >= 15 is 0 Å². The van der Waals surface area contributed by atoms with Gasteiger partial charge in [0, 0.05) is 26.3 Å². The Morgan fingerprint density at radius 2 is 2.05 bits per heavy atom. The smallest absolute Gasteiger partial charge is 0.335 e. The standard InChI is InChI=1S/C14H17FN2O4/c1-17(10-4-6-21-7-5-10)14(20)16-12-8-9(13(18)19)2-3-11(12)15/h2-3,8,10H,4-7H2,1H3,(H,16,20)(H,18,19). The van der Waals surface area contributed by atoms with E-state index in [9.17, 15) is 14.0 Å². The number of carboxylic acids is 1. The third kappa shape index (κ3) is 3.69. The van der Waals surface area contributed by atoms with Gasteiger partial charge < -0.3 is 20.1 Å². The first-order valence-corrected chi connectivity index (χ1v) is 6.63. The number of aromatic carboxylic acids is 1. The van der Waals surface area contributed by atoms with Gasteiger partial charge in [-0.2, -0.15) is 0 Å². The highest BCUT2D eigenvalue weighted by Crippen LogP contribution is 2.19. The van der Waals surface area contributed by atoms with Crippen LogP contribution in [0.2, 0.25) is 0 Å². The molecule has 2 rings (SSSR count). The monoisotopic (exact) mass is 296 g/mol. The Kier molecular flexibility index (Phi) is 4.74. The lowest BCUT2D eigenvalue weighted by Crippen LogP contribution is -2.42. The zero-order chi connectivity index (χ0) is 15.4. The summed E-state index contributed by atoms with van der Waals surface area (Å²) in [5, 5.41) is 11.3. The summed E-state index contributed by atoms with van der Waals surface area (Å²) >= 11 is 0. The molecule has 0 spiro atoms. The number of benzene rings is 1. The topological polar surface area (TPSA) is 78.9 Å². The molecule has 1 fully saturated rings. The van der Waals surface area contributed by atoms with Gasteiger partial charge in [-0.05, 0) is 31.0 Å². The summed E-state index contributed by atoms with van der Waals surface area (Å²) in [7, 11) is 1.63. The lowest BCUT2D eigenvalue weighted by atomic mass is 10.1. The molecule has 0 aromatic heterocycles. The van der Waals surface area contributed by atoms with Crippen LogP contribution in [0, 0.1) is 5.82 Å². The maximum Gasteiger partial charge on any atom is 0.335 e. The predicted octanol–water partition coefficient (Wildman–Crippen LogP) is 2.17. The van der Waals surface area contributed by atoms with Crippen molar-refractivity contribution in [3.63, 3.8) is 0 Å². The fourth-order valence-electron chi connectivity index (χ4n) is 2.20.